The maximum absolute atomic E-state index is 4.95. The second-order valence-electron chi connectivity index (χ2n) is 2.17. The summed E-state index contributed by atoms with van der Waals surface area (Å²) in [6, 6.07) is 0. The van der Waals surface area contributed by atoms with Gasteiger partial charge in [-0.15, -0.1) is 11.3 Å². The fraction of sp³-hybridized carbons (Fsp3) is 0.286. The van der Waals surface area contributed by atoms with E-state index in [-0.39, 0.29) is 0 Å². The number of hydrogen-bond donors (Lipinski definition) is 2. The molecule has 0 aliphatic rings. The van der Waals surface area contributed by atoms with Crippen LogP contribution in [0, 0.1) is 6.92 Å². The van der Waals surface area contributed by atoms with Crippen LogP contribution in [0.5, 0.6) is 0 Å². The summed E-state index contributed by atoms with van der Waals surface area (Å²) in [7, 11) is 1.80. The molecule has 0 bridgehead atoms. The summed E-state index contributed by atoms with van der Waals surface area (Å²) < 4.78 is 0. The van der Waals surface area contributed by atoms with E-state index in [1.165, 1.54) is 5.56 Å². The number of rotatable bonds is 1. The van der Waals surface area contributed by atoms with Crippen molar-refractivity contribution in [2.45, 2.75) is 6.92 Å². The van der Waals surface area contributed by atoms with Gasteiger partial charge in [0, 0.05) is 12.4 Å². The van der Waals surface area contributed by atoms with Gasteiger partial charge >= 0.3 is 0 Å². The molecule has 60 valence electrons. The summed E-state index contributed by atoms with van der Waals surface area (Å²) in [5.74, 6) is 0. The van der Waals surface area contributed by atoms with Gasteiger partial charge in [-0.1, -0.05) is 0 Å². The molecule has 1 heterocycles. The van der Waals surface area contributed by atoms with Gasteiger partial charge in [-0.2, -0.15) is 0 Å². The van der Waals surface area contributed by atoms with E-state index in [1.54, 1.807) is 18.4 Å². The summed E-state index contributed by atoms with van der Waals surface area (Å²) in [5, 5.41) is 10.7. The van der Waals surface area contributed by atoms with E-state index in [4.69, 9.17) is 12.2 Å². The summed E-state index contributed by atoms with van der Waals surface area (Å²) in [5.41, 5.74) is 2.32. The minimum atomic E-state index is 0.659. The number of hydrogen-bond acceptors (Lipinski definition) is 2. The van der Waals surface area contributed by atoms with E-state index in [0.29, 0.717) is 5.11 Å². The third-order valence-electron chi connectivity index (χ3n) is 1.33. The Morgan fingerprint density at radius 3 is 2.73 bits per heavy atom. The van der Waals surface area contributed by atoms with Crippen LogP contribution in [0.15, 0.2) is 10.8 Å². The molecule has 2 nitrogen and oxygen atoms in total. The molecule has 0 saturated carbocycles. The van der Waals surface area contributed by atoms with Crippen molar-refractivity contribution < 1.29 is 0 Å². The Morgan fingerprint density at radius 2 is 2.27 bits per heavy atom. The number of thiophene rings is 1. The highest BCUT2D eigenvalue weighted by molar-refractivity contribution is 7.80. The van der Waals surface area contributed by atoms with E-state index in [2.05, 4.69) is 22.9 Å². The van der Waals surface area contributed by atoms with Crippen LogP contribution in [-0.2, 0) is 0 Å². The summed E-state index contributed by atoms with van der Waals surface area (Å²) in [4.78, 5) is 0. The molecule has 0 saturated heterocycles. The van der Waals surface area contributed by atoms with Crippen molar-refractivity contribution in [2.75, 3.05) is 12.4 Å². The first-order valence-electron chi connectivity index (χ1n) is 3.25. The van der Waals surface area contributed by atoms with E-state index in [1.807, 2.05) is 5.38 Å². The molecule has 0 aliphatic carbocycles. The quantitative estimate of drug-likeness (QED) is 0.656. The molecule has 1 rings (SSSR count). The normalized spacial score (nSPS) is 9.27. The Kier molecular flexibility index (Phi) is 2.84. The molecule has 2 N–H and O–H groups in total. The molecule has 0 amide bonds. The van der Waals surface area contributed by atoms with Crippen LogP contribution in [0.1, 0.15) is 5.56 Å². The number of nitrogens with one attached hydrogen (secondary N) is 2. The van der Waals surface area contributed by atoms with Crippen LogP contribution in [0.3, 0.4) is 0 Å². The summed E-state index contributed by atoms with van der Waals surface area (Å²) in [6.07, 6.45) is 0. The zero-order chi connectivity index (χ0) is 8.27. The van der Waals surface area contributed by atoms with Crippen molar-refractivity contribution in [2.24, 2.45) is 0 Å². The lowest BCUT2D eigenvalue weighted by atomic mass is 10.3. The van der Waals surface area contributed by atoms with Crippen molar-refractivity contribution in [1.29, 1.82) is 0 Å². The van der Waals surface area contributed by atoms with Crippen molar-refractivity contribution in [3.63, 3.8) is 0 Å². The minimum Gasteiger partial charge on any atom is -0.366 e. The monoisotopic (exact) mass is 186 g/mol. The van der Waals surface area contributed by atoms with Gasteiger partial charge in [0.2, 0.25) is 0 Å². The molecule has 1 aromatic heterocycles. The van der Waals surface area contributed by atoms with Gasteiger partial charge in [-0.05, 0) is 30.1 Å². The second kappa shape index (κ2) is 3.69. The predicted octanol–water partition coefficient (Wildman–Crippen LogP) is 1.97. The van der Waals surface area contributed by atoms with Gasteiger partial charge in [-0.25, -0.2) is 0 Å². The van der Waals surface area contributed by atoms with E-state index < -0.39 is 0 Å². The fourth-order valence-corrected chi connectivity index (χ4v) is 1.56. The molecule has 0 aromatic carbocycles. The zero-order valence-electron chi connectivity index (χ0n) is 6.47. The van der Waals surface area contributed by atoms with Crippen LogP contribution in [0.2, 0.25) is 0 Å². The molecule has 0 radical (unpaired) electrons. The van der Waals surface area contributed by atoms with Crippen molar-refractivity contribution >= 4 is 34.4 Å². The van der Waals surface area contributed by atoms with E-state index in [0.717, 1.165) is 5.69 Å². The first-order valence-corrected chi connectivity index (χ1v) is 4.60. The van der Waals surface area contributed by atoms with Gasteiger partial charge in [-0.3, -0.25) is 0 Å². The van der Waals surface area contributed by atoms with Crippen LogP contribution in [-0.4, -0.2) is 12.2 Å². The lowest BCUT2D eigenvalue weighted by molar-refractivity contribution is 1.20. The molecule has 1 aromatic rings. The Hall–Kier alpha value is -0.610. The number of anilines is 1. The fourth-order valence-electron chi connectivity index (χ4n) is 0.673. The van der Waals surface area contributed by atoms with Gasteiger partial charge < -0.3 is 10.6 Å². The van der Waals surface area contributed by atoms with Gasteiger partial charge in [0.05, 0.1) is 5.69 Å². The molecule has 0 aliphatic heterocycles. The largest absolute Gasteiger partial charge is 0.366 e. The van der Waals surface area contributed by atoms with E-state index >= 15 is 0 Å². The predicted molar refractivity (Wildman–Crippen MR) is 54.3 cm³/mol. The topological polar surface area (TPSA) is 24.1 Å². The Balaban J connectivity index is 2.64. The van der Waals surface area contributed by atoms with Crippen LogP contribution in [0.4, 0.5) is 5.69 Å². The lowest BCUT2D eigenvalue weighted by Gasteiger charge is -2.04. The standard InChI is InChI=1S/C7H10N2S2/c1-5-3-11-4-6(5)9-7(10)8-2/h3-4H,1-2H3,(H2,8,9,10). The molecular formula is C7H10N2S2. The van der Waals surface area contributed by atoms with E-state index in [9.17, 15) is 0 Å². The number of aryl methyl sites for hydroxylation is 1. The SMILES string of the molecule is CNC(=S)Nc1cscc1C. The molecular weight excluding hydrogens is 176 g/mol. The second-order valence-corrected chi connectivity index (χ2v) is 3.32. The molecule has 0 spiro atoms. The Labute approximate surface area is 75.6 Å². The Morgan fingerprint density at radius 1 is 1.55 bits per heavy atom. The molecule has 4 heteroatoms. The summed E-state index contributed by atoms with van der Waals surface area (Å²) >= 11 is 6.61. The zero-order valence-corrected chi connectivity index (χ0v) is 8.10. The molecule has 11 heavy (non-hydrogen) atoms. The average molecular weight is 186 g/mol. The first kappa shape index (κ1) is 8.49. The van der Waals surface area contributed by atoms with Crippen molar-refractivity contribution in [3.05, 3.63) is 16.3 Å². The average Bonchev–Trinajstić information content (AvgIpc) is 2.37. The molecule has 0 unspecified atom stereocenters. The lowest BCUT2D eigenvalue weighted by Crippen LogP contribution is -2.24. The third-order valence-corrected chi connectivity index (χ3v) is 2.50. The highest BCUT2D eigenvalue weighted by Crippen LogP contribution is 2.18. The van der Waals surface area contributed by atoms with Crippen LogP contribution < -0.4 is 10.6 Å². The van der Waals surface area contributed by atoms with Crippen molar-refractivity contribution in [1.82, 2.24) is 5.32 Å². The highest BCUT2D eigenvalue weighted by Gasteiger charge is 1.98. The van der Waals surface area contributed by atoms with Gasteiger partial charge in [0.1, 0.15) is 0 Å². The molecule has 0 atom stereocenters. The Bertz CT molecular complexity index is 255. The van der Waals surface area contributed by atoms with Crippen molar-refractivity contribution in [3.8, 4) is 0 Å². The van der Waals surface area contributed by atoms with Crippen LogP contribution in [0.25, 0.3) is 0 Å². The summed E-state index contributed by atoms with van der Waals surface area (Å²) in [6.45, 7) is 2.05. The minimum absolute atomic E-state index is 0.659. The highest BCUT2D eigenvalue weighted by atomic mass is 32.1. The molecule has 0 fully saturated rings. The van der Waals surface area contributed by atoms with Gasteiger partial charge in [0.15, 0.2) is 5.11 Å². The third kappa shape index (κ3) is 2.17. The maximum Gasteiger partial charge on any atom is 0.170 e. The van der Waals surface area contributed by atoms with Crippen LogP contribution >= 0.6 is 23.6 Å². The maximum atomic E-state index is 4.95. The smallest absolute Gasteiger partial charge is 0.170 e. The van der Waals surface area contributed by atoms with Gasteiger partial charge in [0.25, 0.3) is 0 Å². The number of thiocarbonyl (C=S) groups is 1. The first-order chi connectivity index (χ1) is 5.24.